The molecule has 5 rings (SSSR count). The Morgan fingerprint density at radius 1 is 0.909 bits per heavy atom. The van der Waals surface area contributed by atoms with Crippen molar-refractivity contribution < 1.29 is 44.0 Å². The van der Waals surface area contributed by atoms with Gasteiger partial charge < -0.3 is 14.2 Å². The van der Waals surface area contributed by atoms with Gasteiger partial charge >= 0.3 is 33.0 Å². The van der Waals surface area contributed by atoms with Gasteiger partial charge in [0.15, 0.2) is 23.7 Å². The van der Waals surface area contributed by atoms with E-state index in [1.165, 1.54) is 16.8 Å². The van der Waals surface area contributed by atoms with Crippen LogP contribution in [0.25, 0.3) is 0 Å². The second kappa shape index (κ2) is 7.55. The summed E-state index contributed by atoms with van der Waals surface area (Å²) in [6.45, 7) is 9.85. The van der Waals surface area contributed by atoms with Gasteiger partial charge in [0.2, 0.25) is 0 Å². The second-order valence-corrected chi connectivity index (χ2v) is 10.5. The fourth-order valence-electron chi connectivity index (χ4n) is 5.14. The van der Waals surface area contributed by atoms with E-state index in [1.807, 2.05) is 13.8 Å². The summed E-state index contributed by atoms with van der Waals surface area (Å²) in [5.41, 5.74) is 3.59. The minimum absolute atomic E-state index is 0.00583. The number of ether oxygens (including phenoxy) is 3. The van der Waals surface area contributed by atoms with Crippen molar-refractivity contribution >= 4 is 7.81 Å². The third-order valence-corrected chi connectivity index (χ3v) is 6.08. The van der Waals surface area contributed by atoms with Crippen LogP contribution in [0.3, 0.4) is 0 Å². The number of nitrogens with zero attached hydrogens (tertiary/aromatic N) is 1. The van der Waals surface area contributed by atoms with Gasteiger partial charge in [0, 0.05) is 30.9 Å². The van der Waals surface area contributed by atoms with Crippen LogP contribution in [0.2, 0.25) is 0 Å². The first-order valence-corrected chi connectivity index (χ1v) is 12.5. The molecule has 1 aromatic carbocycles. The molecule has 0 fully saturated rings. The molecule has 2 aromatic rings. The molecule has 3 aliphatic rings. The van der Waals surface area contributed by atoms with Crippen LogP contribution in [0.1, 0.15) is 56.5 Å². The molecule has 0 saturated heterocycles. The molecule has 33 heavy (non-hydrogen) atoms. The Kier molecular flexibility index (Phi) is 5.88. The van der Waals surface area contributed by atoms with Crippen molar-refractivity contribution in [1.82, 2.24) is 0 Å². The summed E-state index contributed by atoms with van der Waals surface area (Å²) in [7, 11) is -8.94. The van der Waals surface area contributed by atoms with Gasteiger partial charge in [0.1, 0.15) is 11.7 Å². The van der Waals surface area contributed by atoms with Crippen LogP contribution in [0, 0.1) is 5.41 Å². The van der Waals surface area contributed by atoms with Crippen molar-refractivity contribution in [3.05, 3.63) is 59.4 Å². The van der Waals surface area contributed by atoms with E-state index in [1.54, 1.807) is 7.11 Å². The molecule has 0 unspecified atom stereocenters. The van der Waals surface area contributed by atoms with Crippen molar-refractivity contribution in [3.8, 4) is 5.75 Å². The fourth-order valence-corrected chi connectivity index (χ4v) is 5.14. The van der Waals surface area contributed by atoms with E-state index in [0.717, 1.165) is 5.75 Å². The Morgan fingerprint density at radius 2 is 1.48 bits per heavy atom. The molecule has 2 aliphatic heterocycles. The van der Waals surface area contributed by atoms with Crippen molar-refractivity contribution in [3.63, 3.8) is 0 Å². The van der Waals surface area contributed by atoms with Crippen LogP contribution in [-0.2, 0) is 9.47 Å². The molecule has 186 valence electrons. The molecule has 2 atom stereocenters. The first-order chi connectivity index (χ1) is 15.0. The molecule has 0 spiro atoms. The van der Waals surface area contributed by atoms with Gasteiger partial charge in [-0.05, 0) is 51.5 Å². The number of hydrogen-bond donors (Lipinski definition) is 0. The number of fused-ring (bicyclic) bond motifs is 1. The minimum atomic E-state index is -10.7. The Balaban J connectivity index is 0.000000383. The van der Waals surface area contributed by atoms with Crippen LogP contribution in [0.15, 0.2) is 42.6 Å². The maximum atomic E-state index is 9.87. The van der Waals surface area contributed by atoms with E-state index < -0.39 is 13.6 Å². The Morgan fingerprint density at radius 3 is 2.00 bits per heavy atom. The van der Waals surface area contributed by atoms with Gasteiger partial charge in [-0.15, -0.1) is 0 Å². The fraction of sp³-hybridized carbons (Fsp3) is 0.500. The summed E-state index contributed by atoms with van der Waals surface area (Å²) in [6, 6.07) is 13.0. The summed E-state index contributed by atoms with van der Waals surface area (Å²) in [5.74, 6) is 0.161. The van der Waals surface area contributed by atoms with E-state index in [4.69, 9.17) is 14.2 Å². The van der Waals surface area contributed by atoms with E-state index in [-0.39, 0.29) is 17.4 Å². The predicted octanol–water partition coefficient (Wildman–Crippen LogP) is 7.21. The second-order valence-electron chi connectivity index (χ2n) is 8.58. The van der Waals surface area contributed by atoms with E-state index in [9.17, 15) is 25.2 Å². The van der Waals surface area contributed by atoms with Crippen LogP contribution < -0.4 is 9.30 Å². The molecule has 1 aliphatic carbocycles. The van der Waals surface area contributed by atoms with Crippen molar-refractivity contribution in [1.29, 1.82) is 0 Å². The predicted molar refractivity (Wildman–Crippen MR) is 113 cm³/mol. The average Bonchev–Trinajstić information content (AvgIpc) is 2.67. The number of pyridine rings is 1. The first kappa shape index (κ1) is 25.7. The molecule has 4 nitrogen and oxygen atoms in total. The van der Waals surface area contributed by atoms with Gasteiger partial charge in [-0.25, -0.2) is 0 Å². The number of halogens is 6. The molecule has 11 heteroatoms. The standard InChI is InChI=1S/C22H28NO3.F6P/c1-6-25-22(26-7-2)19-17-14-15(24-5)11-12-16(17)20(21(22,3)4)23-13-9-8-10-18(19)23;1-7(2,3,4,5)6/h8-14,19-20H,6-7H2,1-5H3;/q+1;-1/t19-,20+;/m1./s1. The SMILES string of the molecule is CCOC1(OCC)[C@@H]2c3cc(OC)ccc3[C@H]([n+]3ccccc32)C1(C)C.F[P-](F)(F)(F)(F)F. The maximum absolute atomic E-state index is 10.7. The number of benzene rings is 1. The number of hydrogen-bond acceptors (Lipinski definition) is 3. The Hall–Kier alpha value is -1.90. The van der Waals surface area contributed by atoms with Gasteiger partial charge in [0.05, 0.1) is 12.5 Å². The van der Waals surface area contributed by atoms with E-state index in [2.05, 4.69) is 61.0 Å². The number of rotatable bonds is 5. The molecule has 2 bridgehead atoms. The van der Waals surface area contributed by atoms with Gasteiger partial charge in [-0.1, -0.05) is 6.07 Å². The Labute approximate surface area is 188 Å². The zero-order valence-electron chi connectivity index (χ0n) is 19.0. The first-order valence-electron chi connectivity index (χ1n) is 10.5. The molecule has 1 aromatic heterocycles. The summed E-state index contributed by atoms with van der Waals surface area (Å²) in [5, 5.41) is 0. The molecular formula is C22H28F6NO3P. The van der Waals surface area contributed by atoms with Crippen LogP contribution >= 0.6 is 7.81 Å². The molecule has 0 saturated carbocycles. The average molecular weight is 499 g/mol. The summed E-state index contributed by atoms with van der Waals surface area (Å²) in [6.07, 6.45) is 2.18. The molecule has 0 N–H and O–H groups in total. The quantitative estimate of drug-likeness (QED) is 0.189. The molecular weight excluding hydrogens is 471 g/mol. The summed E-state index contributed by atoms with van der Waals surface area (Å²) < 4.78 is 80.1. The van der Waals surface area contributed by atoms with Crippen molar-refractivity contribution in [2.75, 3.05) is 20.3 Å². The zero-order valence-corrected chi connectivity index (χ0v) is 19.9. The molecule has 3 heterocycles. The van der Waals surface area contributed by atoms with E-state index in [0.29, 0.717) is 13.2 Å². The monoisotopic (exact) mass is 499 g/mol. The zero-order chi connectivity index (χ0) is 24.9. The number of aromatic nitrogens is 1. The molecule has 0 radical (unpaired) electrons. The normalized spacial score (nSPS) is 23.8. The summed E-state index contributed by atoms with van der Waals surface area (Å²) >= 11 is 0. The van der Waals surface area contributed by atoms with Gasteiger partial charge in [-0.2, -0.15) is 4.57 Å². The van der Waals surface area contributed by atoms with Crippen LogP contribution in [-0.4, -0.2) is 26.1 Å². The Bertz CT molecular complexity index is 1030. The van der Waals surface area contributed by atoms with E-state index >= 15 is 0 Å². The third kappa shape index (κ3) is 4.98. The van der Waals surface area contributed by atoms with Crippen LogP contribution in [0.4, 0.5) is 25.2 Å². The van der Waals surface area contributed by atoms with Crippen molar-refractivity contribution in [2.24, 2.45) is 5.41 Å². The van der Waals surface area contributed by atoms with Gasteiger partial charge in [0.25, 0.3) is 0 Å². The van der Waals surface area contributed by atoms with Crippen LogP contribution in [0.5, 0.6) is 5.75 Å². The topological polar surface area (TPSA) is 31.6 Å². The van der Waals surface area contributed by atoms with Crippen molar-refractivity contribution in [2.45, 2.75) is 45.4 Å². The molecule has 0 amide bonds. The third-order valence-electron chi connectivity index (χ3n) is 6.08. The summed E-state index contributed by atoms with van der Waals surface area (Å²) in [4.78, 5) is 0. The van der Waals surface area contributed by atoms with Gasteiger partial charge in [-0.3, -0.25) is 0 Å². The number of methoxy groups -OCH3 is 1.